The lowest BCUT2D eigenvalue weighted by molar-refractivity contribution is -0.110. The minimum atomic E-state index is -1.03. The van der Waals surface area contributed by atoms with Gasteiger partial charge in [-0.2, -0.15) is 0 Å². The van der Waals surface area contributed by atoms with Crippen LogP contribution in [0.25, 0.3) is 11.6 Å². The van der Waals surface area contributed by atoms with Crippen LogP contribution in [0.3, 0.4) is 0 Å². The molecule has 0 radical (unpaired) electrons. The number of amides is 1. The van der Waals surface area contributed by atoms with E-state index in [0.29, 0.717) is 29.1 Å². The zero-order valence-electron chi connectivity index (χ0n) is 16.9. The topological polar surface area (TPSA) is 91.6 Å². The molecular weight excluding hydrogens is 392 g/mol. The number of carbonyl (C=O) groups excluding carboxylic acids is 1. The van der Waals surface area contributed by atoms with Gasteiger partial charge in [0.2, 0.25) is 0 Å². The summed E-state index contributed by atoms with van der Waals surface area (Å²) < 4.78 is 6.22. The normalized spacial score (nSPS) is 16.0. The van der Waals surface area contributed by atoms with Crippen LogP contribution in [0.15, 0.2) is 52.9 Å². The largest absolute Gasteiger partial charge is 0.478 e. The highest BCUT2D eigenvalue weighted by atomic mass is 16.4. The smallest absolute Gasteiger partial charge is 0.335 e. The minimum absolute atomic E-state index is 0.144. The van der Waals surface area contributed by atoms with Crippen molar-refractivity contribution in [1.29, 1.82) is 0 Å². The molecule has 2 heterocycles. The maximum absolute atomic E-state index is 12.7. The van der Waals surface area contributed by atoms with Crippen LogP contribution in [0.5, 0.6) is 0 Å². The summed E-state index contributed by atoms with van der Waals surface area (Å²) in [5.74, 6) is 0.367. The van der Waals surface area contributed by atoms with E-state index in [2.05, 4.69) is 10.6 Å². The van der Waals surface area contributed by atoms with Crippen LogP contribution in [0.4, 0.5) is 11.4 Å². The van der Waals surface area contributed by atoms with Gasteiger partial charge in [-0.15, -0.1) is 0 Å². The summed E-state index contributed by atoms with van der Waals surface area (Å²) >= 11 is 0. The number of aryl methyl sites for hydroxylation is 1. The Hall–Kier alpha value is -3.80. The highest BCUT2D eigenvalue weighted by Gasteiger charge is 2.28. The minimum Gasteiger partial charge on any atom is -0.478 e. The molecule has 0 saturated carbocycles. The summed E-state index contributed by atoms with van der Waals surface area (Å²) in [6, 6.07) is 14.6. The van der Waals surface area contributed by atoms with E-state index >= 15 is 0 Å². The number of benzene rings is 2. The van der Waals surface area contributed by atoms with E-state index in [4.69, 9.17) is 4.42 Å². The molecule has 0 bridgehead atoms. The molecule has 3 aromatic rings. The van der Waals surface area contributed by atoms with Gasteiger partial charge in [0.25, 0.3) is 5.91 Å². The van der Waals surface area contributed by atoms with Crippen LogP contribution in [0.2, 0.25) is 0 Å². The molecule has 0 spiro atoms. The van der Waals surface area contributed by atoms with Crippen molar-refractivity contribution in [1.82, 2.24) is 0 Å². The molecule has 1 aliphatic carbocycles. The van der Waals surface area contributed by atoms with Gasteiger partial charge >= 0.3 is 5.97 Å². The fraction of sp³-hybridized carbons (Fsp3) is 0.200. The van der Waals surface area contributed by atoms with E-state index in [0.717, 1.165) is 42.7 Å². The van der Waals surface area contributed by atoms with Crippen LogP contribution in [-0.2, 0) is 24.2 Å². The summed E-state index contributed by atoms with van der Waals surface area (Å²) in [5.41, 5.74) is 5.06. The van der Waals surface area contributed by atoms with Crippen LogP contribution in [0, 0.1) is 0 Å². The van der Waals surface area contributed by atoms with Gasteiger partial charge in [-0.25, -0.2) is 4.79 Å². The molecule has 6 heteroatoms. The van der Waals surface area contributed by atoms with E-state index in [1.54, 1.807) is 12.1 Å². The summed E-state index contributed by atoms with van der Waals surface area (Å²) in [6.45, 7) is 0.589. The molecule has 1 amide bonds. The van der Waals surface area contributed by atoms with Gasteiger partial charge in [0.1, 0.15) is 11.5 Å². The fourth-order valence-electron chi connectivity index (χ4n) is 4.30. The molecular formula is C25H22N2O4. The number of hydrogen-bond acceptors (Lipinski definition) is 4. The Morgan fingerprint density at radius 2 is 1.94 bits per heavy atom. The lowest BCUT2D eigenvalue weighted by Gasteiger charge is -2.12. The lowest BCUT2D eigenvalue weighted by atomic mass is 9.94. The highest BCUT2D eigenvalue weighted by molar-refractivity contribution is 6.35. The third-order valence-corrected chi connectivity index (χ3v) is 5.88. The monoisotopic (exact) mass is 414 g/mol. The van der Waals surface area contributed by atoms with Gasteiger partial charge in [-0.05, 0) is 61.2 Å². The van der Waals surface area contributed by atoms with E-state index in [1.807, 2.05) is 30.3 Å². The van der Waals surface area contributed by atoms with Gasteiger partial charge in [-0.3, -0.25) is 4.79 Å². The first-order valence-electron chi connectivity index (χ1n) is 10.4. The molecule has 31 heavy (non-hydrogen) atoms. The predicted octanol–water partition coefficient (Wildman–Crippen LogP) is 4.96. The summed E-state index contributed by atoms with van der Waals surface area (Å²) in [4.78, 5) is 24.1. The number of fused-ring (bicyclic) bond motifs is 2. The molecule has 6 nitrogen and oxygen atoms in total. The molecule has 0 atom stereocenters. The quantitative estimate of drug-likeness (QED) is 0.513. The Kier molecular flexibility index (Phi) is 4.82. The number of furan rings is 1. The van der Waals surface area contributed by atoms with Crippen LogP contribution in [-0.4, -0.2) is 17.0 Å². The second-order valence-corrected chi connectivity index (χ2v) is 7.85. The predicted molar refractivity (Wildman–Crippen MR) is 119 cm³/mol. The molecule has 2 aliphatic rings. The number of hydrogen-bond donors (Lipinski definition) is 3. The Balaban J connectivity index is 1.55. The van der Waals surface area contributed by atoms with Gasteiger partial charge in [0.05, 0.1) is 11.1 Å². The van der Waals surface area contributed by atoms with Crippen molar-refractivity contribution in [2.75, 3.05) is 10.6 Å². The van der Waals surface area contributed by atoms with Crippen LogP contribution >= 0.6 is 0 Å². The molecule has 0 saturated heterocycles. The number of carbonyl (C=O) groups is 2. The van der Waals surface area contributed by atoms with Crippen molar-refractivity contribution in [2.24, 2.45) is 0 Å². The zero-order chi connectivity index (χ0) is 21.4. The number of anilines is 2. The third-order valence-electron chi connectivity index (χ3n) is 5.88. The lowest BCUT2D eigenvalue weighted by Crippen LogP contribution is -2.06. The average molecular weight is 414 g/mol. The number of rotatable bonds is 5. The average Bonchev–Trinajstić information content (AvgIpc) is 3.29. The third kappa shape index (κ3) is 3.61. The number of nitrogens with one attached hydrogen (secondary N) is 2. The second kappa shape index (κ2) is 7.80. The molecule has 5 rings (SSSR count). The standard InChI is InChI=1S/C25H22N2O4/c28-24-19(18-12-15(25(29)30)10-11-21(18)27-24)13-23-20(14-26-16-6-2-1-3-7-16)17-8-4-5-9-22(17)31-23/h1-3,6-7,10-13,26H,4-5,8-9,14H2,(H,27,28)(H,29,30). The molecule has 0 fully saturated rings. The van der Waals surface area contributed by atoms with Gasteiger partial charge < -0.3 is 20.2 Å². The Morgan fingerprint density at radius 1 is 1.13 bits per heavy atom. The van der Waals surface area contributed by atoms with Crippen molar-refractivity contribution in [2.45, 2.75) is 32.2 Å². The van der Waals surface area contributed by atoms with E-state index in [9.17, 15) is 14.7 Å². The first-order valence-corrected chi connectivity index (χ1v) is 10.4. The SMILES string of the molecule is O=C1Nc2ccc(C(=O)O)cc2C1=Cc1oc2c(c1CNc1ccccc1)CCCC2. The molecule has 3 N–H and O–H groups in total. The van der Waals surface area contributed by atoms with E-state index in [-0.39, 0.29) is 11.5 Å². The summed E-state index contributed by atoms with van der Waals surface area (Å²) in [7, 11) is 0. The van der Waals surface area contributed by atoms with Gasteiger partial charge in [0.15, 0.2) is 0 Å². The van der Waals surface area contributed by atoms with E-state index < -0.39 is 5.97 Å². The number of carboxylic acids is 1. The zero-order valence-corrected chi connectivity index (χ0v) is 16.9. The van der Waals surface area contributed by atoms with Crippen molar-refractivity contribution in [3.05, 3.63) is 82.3 Å². The second-order valence-electron chi connectivity index (χ2n) is 7.85. The Bertz CT molecular complexity index is 1210. The van der Waals surface area contributed by atoms with Crippen LogP contribution in [0.1, 0.15) is 51.4 Å². The fourth-order valence-corrected chi connectivity index (χ4v) is 4.30. The number of aromatic carboxylic acids is 1. The van der Waals surface area contributed by atoms with Crippen molar-refractivity contribution in [3.8, 4) is 0 Å². The van der Waals surface area contributed by atoms with Gasteiger partial charge in [0, 0.05) is 35.5 Å². The van der Waals surface area contributed by atoms with Crippen LogP contribution < -0.4 is 10.6 Å². The number of carboxylic acid groups (broad SMARTS) is 1. The Morgan fingerprint density at radius 3 is 2.74 bits per heavy atom. The molecule has 0 unspecified atom stereocenters. The van der Waals surface area contributed by atoms with E-state index in [1.165, 1.54) is 17.7 Å². The first-order chi connectivity index (χ1) is 15.1. The summed E-state index contributed by atoms with van der Waals surface area (Å²) in [6.07, 6.45) is 5.81. The molecule has 2 aromatic carbocycles. The van der Waals surface area contributed by atoms with Crippen molar-refractivity contribution < 1.29 is 19.1 Å². The molecule has 1 aliphatic heterocycles. The maximum atomic E-state index is 12.7. The molecule has 1 aromatic heterocycles. The van der Waals surface area contributed by atoms with Gasteiger partial charge in [-0.1, -0.05) is 18.2 Å². The van der Waals surface area contributed by atoms with Crippen molar-refractivity contribution >= 4 is 34.9 Å². The van der Waals surface area contributed by atoms with Crippen molar-refractivity contribution in [3.63, 3.8) is 0 Å². The summed E-state index contributed by atoms with van der Waals surface area (Å²) in [5, 5.41) is 15.6. The first kappa shape index (κ1) is 19.2. The number of para-hydroxylation sites is 1. The maximum Gasteiger partial charge on any atom is 0.335 e. The highest BCUT2D eigenvalue weighted by Crippen LogP contribution is 2.37. The molecule has 156 valence electrons. The Labute approximate surface area is 179 Å².